The Labute approximate surface area is 128 Å². The number of amides is 1. The van der Waals surface area contributed by atoms with Crippen LogP contribution >= 0.6 is 23.2 Å². The molecule has 0 spiro atoms. The molecule has 4 nitrogen and oxygen atoms in total. The molecular weight excluding hydrogens is 301 g/mol. The zero-order valence-electron chi connectivity index (χ0n) is 11.2. The largest absolute Gasteiger partial charge is 0.494 e. The van der Waals surface area contributed by atoms with Crippen molar-refractivity contribution in [3.8, 4) is 5.75 Å². The number of likely N-dealkylation sites (tertiary alicyclic amines) is 1. The van der Waals surface area contributed by atoms with Crippen LogP contribution in [0.3, 0.4) is 0 Å². The van der Waals surface area contributed by atoms with E-state index in [1.807, 2.05) is 0 Å². The lowest BCUT2D eigenvalue weighted by Crippen LogP contribution is -2.28. The molecule has 1 aromatic carbocycles. The average molecular weight is 318 g/mol. The normalized spacial score (nSPS) is 18.4. The fraction of sp³-hybridized carbons (Fsp3) is 0.500. The summed E-state index contributed by atoms with van der Waals surface area (Å²) in [6.07, 6.45) is 1.65. The number of aliphatic hydroxyl groups is 1. The Balaban J connectivity index is 2.14. The van der Waals surface area contributed by atoms with E-state index in [-0.39, 0.29) is 12.5 Å². The lowest BCUT2D eigenvalue weighted by molar-refractivity contribution is 0.0784. The van der Waals surface area contributed by atoms with Gasteiger partial charge in [0.1, 0.15) is 0 Å². The van der Waals surface area contributed by atoms with Crippen LogP contribution in [0.25, 0.3) is 0 Å². The molecule has 1 saturated heterocycles. The van der Waals surface area contributed by atoms with Gasteiger partial charge in [0.15, 0.2) is 5.75 Å². The number of aliphatic hydroxyl groups excluding tert-OH is 1. The third-order valence-corrected chi connectivity index (χ3v) is 4.12. The van der Waals surface area contributed by atoms with Crippen LogP contribution in [0, 0.1) is 5.92 Å². The van der Waals surface area contributed by atoms with Gasteiger partial charge in [0, 0.05) is 25.3 Å². The molecule has 110 valence electrons. The number of carbonyl (C=O) groups is 1. The van der Waals surface area contributed by atoms with Crippen LogP contribution in [0.2, 0.25) is 10.0 Å². The summed E-state index contributed by atoms with van der Waals surface area (Å²) in [5, 5.41) is 9.60. The van der Waals surface area contributed by atoms with E-state index in [0.717, 1.165) is 12.8 Å². The van der Waals surface area contributed by atoms with E-state index in [4.69, 9.17) is 33.0 Å². The van der Waals surface area contributed by atoms with E-state index in [2.05, 4.69) is 0 Å². The van der Waals surface area contributed by atoms with Gasteiger partial charge in [-0.1, -0.05) is 23.2 Å². The number of carbonyl (C=O) groups excluding carboxylic acids is 1. The van der Waals surface area contributed by atoms with E-state index in [0.29, 0.717) is 40.4 Å². The number of hydrogen-bond donors (Lipinski definition) is 1. The van der Waals surface area contributed by atoms with Crippen molar-refractivity contribution in [3.05, 3.63) is 27.7 Å². The Bertz CT molecular complexity index is 484. The summed E-state index contributed by atoms with van der Waals surface area (Å²) in [6.45, 7) is 1.53. The summed E-state index contributed by atoms with van der Waals surface area (Å²) in [6, 6.07) is 3.15. The molecule has 1 aromatic rings. The van der Waals surface area contributed by atoms with Crippen molar-refractivity contribution in [2.24, 2.45) is 5.92 Å². The van der Waals surface area contributed by atoms with Gasteiger partial charge in [-0.05, 0) is 30.9 Å². The molecule has 0 radical (unpaired) electrons. The summed E-state index contributed by atoms with van der Waals surface area (Å²) >= 11 is 12.1. The van der Waals surface area contributed by atoms with Crippen LogP contribution in [0.4, 0.5) is 0 Å². The molecule has 1 aliphatic heterocycles. The molecule has 1 atom stereocenters. The molecule has 1 aliphatic rings. The van der Waals surface area contributed by atoms with Gasteiger partial charge in [0.2, 0.25) is 0 Å². The van der Waals surface area contributed by atoms with Gasteiger partial charge in [-0.15, -0.1) is 0 Å². The van der Waals surface area contributed by atoms with Gasteiger partial charge >= 0.3 is 0 Å². The van der Waals surface area contributed by atoms with Gasteiger partial charge in [0.25, 0.3) is 5.91 Å². The maximum Gasteiger partial charge on any atom is 0.253 e. The van der Waals surface area contributed by atoms with Crippen LogP contribution in [0.1, 0.15) is 23.2 Å². The highest BCUT2D eigenvalue weighted by Gasteiger charge is 2.27. The topological polar surface area (TPSA) is 49.8 Å². The molecule has 20 heavy (non-hydrogen) atoms. The highest BCUT2D eigenvalue weighted by Crippen LogP contribution is 2.34. The second-order valence-electron chi connectivity index (χ2n) is 4.89. The highest BCUT2D eigenvalue weighted by molar-refractivity contribution is 6.37. The minimum absolute atomic E-state index is 0.0862. The van der Waals surface area contributed by atoms with E-state index in [1.54, 1.807) is 17.0 Å². The number of halogens is 2. The fourth-order valence-electron chi connectivity index (χ4n) is 2.50. The smallest absolute Gasteiger partial charge is 0.253 e. The van der Waals surface area contributed by atoms with Crippen molar-refractivity contribution >= 4 is 29.1 Å². The van der Waals surface area contributed by atoms with E-state index >= 15 is 0 Å². The summed E-state index contributed by atoms with van der Waals surface area (Å²) in [5.41, 5.74) is 0.463. The molecule has 1 fully saturated rings. The van der Waals surface area contributed by atoms with Crippen molar-refractivity contribution in [2.75, 3.05) is 26.8 Å². The summed E-state index contributed by atoms with van der Waals surface area (Å²) in [7, 11) is 1.48. The van der Waals surface area contributed by atoms with Crippen molar-refractivity contribution in [3.63, 3.8) is 0 Å². The SMILES string of the molecule is COc1c(Cl)cc(C(=O)N2CCC(CCO)C2)cc1Cl. The lowest BCUT2D eigenvalue weighted by Gasteiger charge is -2.17. The first-order chi connectivity index (χ1) is 9.56. The number of methoxy groups -OCH3 is 1. The van der Waals surface area contributed by atoms with E-state index in [9.17, 15) is 4.79 Å². The Morgan fingerprint density at radius 2 is 2.10 bits per heavy atom. The van der Waals surface area contributed by atoms with Crippen LogP contribution < -0.4 is 4.74 Å². The molecule has 1 N–H and O–H groups in total. The molecule has 0 bridgehead atoms. The van der Waals surface area contributed by atoms with Crippen LogP contribution in [0.5, 0.6) is 5.75 Å². The van der Waals surface area contributed by atoms with Crippen LogP contribution in [-0.2, 0) is 0 Å². The third-order valence-electron chi connectivity index (χ3n) is 3.56. The first-order valence-electron chi connectivity index (χ1n) is 6.50. The lowest BCUT2D eigenvalue weighted by atomic mass is 10.1. The number of nitrogens with zero attached hydrogens (tertiary/aromatic N) is 1. The summed E-state index contributed by atoms with van der Waals surface area (Å²) < 4.78 is 5.07. The minimum Gasteiger partial charge on any atom is -0.494 e. The predicted molar refractivity (Wildman–Crippen MR) is 78.7 cm³/mol. The molecule has 0 saturated carbocycles. The number of rotatable bonds is 4. The van der Waals surface area contributed by atoms with E-state index in [1.165, 1.54) is 7.11 Å². The zero-order valence-corrected chi connectivity index (χ0v) is 12.7. The Kier molecular flexibility index (Phi) is 5.13. The Hall–Kier alpha value is -0.970. The summed E-state index contributed by atoms with van der Waals surface area (Å²) in [4.78, 5) is 14.2. The minimum atomic E-state index is -0.0862. The molecule has 1 amide bonds. The van der Waals surface area contributed by atoms with E-state index < -0.39 is 0 Å². The van der Waals surface area contributed by atoms with Gasteiger partial charge in [-0.25, -0.2) is 0 Å². The fourth-order valence-corrected chi connectivity index (χ4v) is 3.14. The third kappa shape index (κ3) is 3.19. The van der Waals surface area contributed by atoms with Crippen molar-refractivity contribution in [2.45, 2.75) is 12.8 Å². The molecule has 6 heteroatoms. The summed E-state index contributed by atoms with van der Waals surface area (Å²) in [5.74, 6) is 0.662. The maximum absolute atomic E-state index is 12.4. The number of ether oxygens (including phenoxy) is 1. The first-order valence-corrected chi connectivity index (χ1v) is 7.25. The maximum atomic E-state index is 12.4. The highest BCUT2D eigenvalue weighted by atomic mass is 35.5. The predicted octanol–water partition coefficient (Wildman–Crippen LogP) is 2.85. The first kappa shape index (κ1) is 15.4. The van der Waals surface area contributed by atoms with Crippen molar-refractivity contribution < 1.29 is 14.6 Å². The molecular formula is C14H17Cl2NO3. The van der Waals surface area contributed by atoms with Crippen molar-refractivity contribution in [1.82, 2.24) is 4.90 Å². The van der Waals surface area contributed by atoms with Crippen molar-refractivity contribution in [1.29, 1.82) is 0 Å². The quantitative estimate of drug-likeness (QED) is 0.929. The van der Waals surface area contributed by atoms with Gasteiger partial charge < -0.3 is 14.7 Å². The number of hydrogen-bond acceptors (Lipinski definition) is 3. The van der Waals surface area contributed by atoms with Gasteiger partial charge in [-0.3, -0.25) is 4.79 Å². The molecule has 0 aliphatic carbocycles. The zero-order chi connectivity index (χ0) is 14.7. The second kappa shape index (κ2) is 6.66. The Morgan fingerprint density at radius 1 is 1.45 bits per heavy atom. The van der Waals surface area contributed by atoms with Crippen LogP contribution in [0.15, 0.2) is 12.1 Å². The monoisotopic (exact) mass is 317 g/mol. The van der Waals surface area contributed by atoms with Crippen LogP contribution in [-0.4, -0.2) is 42.7 Å². The molecule has 1 heterocycles. The second-order valence-corrected chi connectivity index (χ2v) is 5.71. The standard InChI is InChI=1S/C14H17Cl2NO3/c1-20-13-11(15)6-10(7-12(13)16)14(19)17-4-2-9(8-17)3-5-18/h6-7,9,18H,2-5,8H2,1H3. The molecule has 0 aromatic heterocycles. The molecule has 1 unspecified atom stereocenters. The average Bonchev–Trinajstić information content (AvgIpc) is 2.86. The number of benzene rings is 1. The van der Waals surface area contributed by atoms with Gasteiger partial charge in [-0.2, -0.15) is 0 Å². The Morgan fingerprint density at radius 3 is 2.65 bits per heavy atom. The van der Waals surface area contributed by atoms with Gasteiger partial charge in [0.05, 0.1) is 17.2 Å². The molecule has 2 rings (SSSR count).